The number of thioether (sulfide) groups is 1. The van der Waals surface area contributed by atoms with Gasteiger partial charge in [-0.1, -0.05) is 12.1 Å². The van der Waals surface area contributed by atoms with Crippen molar-refractivity contribution in [3.63, 3.8) is 0 Å². The summed E-state index contributed by atoms with van der Waals surface area (Å²) in [5, 5.41) is 2.64. The molecule has 2 rings (SSSR count). The molecule has 2 aromatic carbocycles. The summed E-state index contributed by atoms with van der Waals surface area (Å²) in [7, 11) is 0. The first-order valence-electron chi connectivity index (χ1n) is 5.50. The maximum absolute atomic E-state index is 13.0. The third-order valence-corrected chi connectivity index (χ3v) is 3.28. The van der Waals surface area contributed by atoms with Gasteiger partial charge in [0, 0.05) is 16.5 Å². The maximum Gasteiger partial charge on any atom is 0.255 e. The number of carbonyl (C=O) groups is 1. The summed E-state index contributed by atoms with van der Waals surface area (Å²) in [5.74, 6) is -2.09. The summed E-state index contributed by atoms with van der Waals surface area (Å²) in [6.45, 7) is 0. The molecule has 0 spiro atoms. The fraction of sp³-hybridized carbons (Fsp3) is 0.0714. The first-order valence-corrected chi connectivity index (χ1v) is 6.73. The Labute approximate surface area is 113 Å². The maximum atomic E-state index is 13.0. The number of anilines is 1. The topological polar surface area (TPSA) is 29.1 Å². The number of halogens is 2. The van der Waals surface area contributed by atoms with Crippen LogP contribution in [0.15, 0.2) is 47.4 Å². The molecule has 0 aliphatic rings. The van der Waals surface area contributed by atoms with Crippen LogP contribution in [0.2, 0.25) is 0 Å². The second-order valence-corrected chi connectivity index (χ2v) is 4.66. The van der Waals surface area contributed by atoms with E-state index in [1.54, 1.807) is 12.1 Å². The van der Waals surface area contributed by atoms with Crippen molar-refractivity contribution in [2.24, 2.45) is 0 Å². The average molecular weight is 279 g/mol. The minimum absolute atomic E-state index is 0.0478. The molecule has 19 heavy (non-hydrogen) atoms. The lowest BCUT2D eigenvalue weighted by Gasteiger charge is -2.09. The molecule has 0 bridgehead atoms. The summed E-state index contributed by atoms with van der Waals surface area (Å²) >= 11 is 1.48. The van der Waals surface area contributed by atoms with Crippen LogP contribution in [0.3, 0.4) is 0 Å². The Morgan fingerprint density at radius 1 is 1.11 bits per heavy atom. The molecule has 0 saturated heterocycles. The molecular formula is C14H11F2NOS. The van der Waals surface area contributed by atoms with Crippen LogP contribution in [0, 0.1) is 11.6 Å². The summed E-state index contributed by atoms with van der Waals surface area (Å²) < 4.78 is 26.1. The van der Waals surface area contributed by atoms with Crippen LogP contribution in [-0.2, 0) is 0 Å². The van der Waals surface area contributed by atoms with Gasteiger partial charge in [0.05, 0.1) is 5.69 Å². The van der Waals surface area contributed by atoms with Gasteiger partial charge in [0.15, 0.2) is 0 Å². The van der Waals surface area contributed by atoms with Gasteiger partial charge in [-0.05, 0) is 30.5 Å². The van der Waals surface area contributed by atoms with Crippen molar-refractivity contribution in [1.82, 2.24) is 0 Å². The number of para-hydroxylation sites is 1. The standard InChI is InChI=1S/C14H11F2NOS/c1-19-13-5-3-2-4-12(13)17-14(18)9-6-10(15)8-11(16)7-9/h2-8H,1H3,(H,17,18). The van der Waals surface area contributed by atoms with Crippen LogP contribution >= 0.6 is 11.8 Å². The molecule has 98 valence electrons. The van der Waals surface area contributed by atoms with E-state index >= 15 is 0 Å². The summed E-state index contributed by atoms with van der Waals surface area (Å²) in [4.78, 5) is 12.8. The van der Waals surface area contributed by atoms with Crippen LogP contribution in [0.1, 0.15) is 10.4 Å². The van der Waals surface area contributed by atoms with Gasteiger partial charge >= 0.3 is 0 Å². The largest absolute Gasteiger partial charge is 0.321 e. The second-order valence-electron chi connectivity index (χ2n) is 3.81. The van der Waals surface area contributed by atoms with Gasteiger partial charge in [-0.25, -0.2) is 8.78 Å². The van der Waals surface area contributed by atoms with Crippen molar-refractivity contribution < 1.29 is 13.6 Å². The molecule has 0 aromatic heterocycles. The van der Waals surface area contributed by atoms with Crippen molar-refractivity contribution in [1.29, 1.82) is 0 Å². The Morgan fingerprint density at radius 3 is 2.37 bits per heavy atom. The van der Waals surface area contributed by atoms with Crippen molar-refractivity contribution in [3.05, 3.63) is 59.7 Å². The highest BCUT2D eigenvalue weighted by Gasteiger charge is 2.11. The lowest BCUT2D eigenvalue weighted by Crippen LogP contribution is -2.13. The molecular weight excluding hydrogens is 268 g/mol. The van der Waals surface area contributed by atoms with E-state index in [1.807, 2.05) is 18.4 Å². The molecule has 2 aromatic rings. The molecule has 1 amide bonds. The van der Waals surface area contributed by atoms with E-state index in [0.29, 0.717) is 5.69 Å². The molecule has 0 aliphatic carbocycles. The lowest BCUT2D eigenvalue weighted by atomic mass is 10.2. The molecule has 0 unspecified atom stereocenters. The zero-order valence-corrected chi connectivity index (χ0v) is 10.9. The highest BCUT2D eigenvalue weighted by molar-refractivity contribution is 7.98. The Morgan fingerprint density at radius 2 is 1.74 bits per heavy atom. The van der Waals surface area contributed by atoms with Gasteiger partial charge in [-0.3, -0.25) is 4.79 Å². The lowest BCUT2D eigenvalue weighted by molar-refractivity contribution is 0.102. The smallest absolute Gasteiger partial charge is 0.255 e. The zero-order chi connectivity index (χ0) is 13.8. The number of carbonyl (C=O) groups excluding carboxylic acids is 1. The molecule has 0 heterocycles. The van der Waals surface area contributed by atoms with E-state index in [0.717, 1.165) is 23.1 Å². The molecule has 1 N–H and O–H groups in total. The fourth-order valence-electron chi connectivity index (χ4n) is 1.63. The van der Waals surface area contributed by atoms with Gasteiger partial charge in [0.1, 0.15) is 11.6 Å². The van der Waals surface area contributed by atoms with Crippen molar-refractivity contribution in [3.8, 4) is 0 Å². The highest BCUT2D eigenvalue weighted by atomic mass is 32.2. The van der Waals surface area contributed by atoms with Crippen molar-refractivity contribution in [2.45, 2.75) is 4.90 Å². The van der Waals surface area contributed by atoms with E-state index in [-0.39, 0.29) is 5.56 Å². The first kappa shape index (κ1) is 13.5. The minimum Gasteiger partial charge on any atom is -0.321 e. The van der Waals surface area contributed by atoms with E-state index < -0.39 is 17.5 Å². The third kappa shape index (κ3) is 3.32. The molecule has 0 atom stereocenters. The van der Waals surface area contributed by atoms with Crippen LogP contribution < -0.4 is 5.32 Å². The SMILES string of the molecule is CSc1ccccc1NC(=O)c1cc(F)cc(F)c1. The van der Waals surface area contributed by atoms with E-state index in [9.17, 15) is 13.6 Å². The normalized spacial score (nSPS) is 10.3. The number of benzene rings is 2. The number of rotatable bonds is 3. The number of amides is 1. The summed E-state index contributed by atoms with van der Waals surface area (Å²) in [6.07, 6.45) is 1.88. The first-order chi connectivity index (χ1) is 9.10. The Kier molecular flexibility index (Phi) is 4.16. The monoisotopic (exact) mass is 279 g/mol. The highest BCUT2D eigenvalue weighted by Crippen LogP contribution is 2.25. The summed E-state index contributed by atoms with van der Waals surface area (Å²) in [5.41, 5.74) is 0.568. The van der Waals surface area contributed by atoms with Gasteiger partial charge in [-0.15, -0.1) is 11.8 Å². The molecule has 5 heteroatoms. The Balaban J connectivity index is 2.25. The van der Waals surface area contributed by atoms with Gasteiger partial charge in [0.2, 0.25) is 0 Å². The van der Waals surface area contributed by atoms with Crippen molar-refractivity contribution >= 4 is 23.4 Å². The molecule has 0 saturated carbocycles. The minimum atomic E-state index is -0.775. The quantitative estimate of drug-likeness (QED) is 0.862. The van der Waals surface area contributed by atoms with Gasteiger partial charge in [0.25, 0.3) is 5.91 Å². The molecule has 0 fully saturated rings. The number of hydrogen-bond donors (Lipinski definition) is 1. The fourth-order valence-corrected chi connectivity index (χ4v) is 2.18. The predicted molar refractivity (Wildman–Crippen MR) is 72.5 cm³/mol. The van der Waals surface area contributed by atoms with E-state index in [2.05, 4.69) is 5.32 Å². The number of nitrogens with one attached hydrogen (secondary N) is 1. The summed E-state index contributed by atoms with van der Waals surface area (Å²) in [6, 6.07) is 9.95. The average Bonchev–Trinajstić information content (AvgIpc) is 2.38. The van der Waals surface area contributed by atoms with Crippen LogP contribution in [0.5, 0.6) is 0 Å². The van der Waals surface area contributed by atoms with Gasteiger partial charge in [-0.2, -0.15) is 0 Å². The van der Waals surface area contributed by atoms with Crippen molar-refractivity contribution in [2.75, 3.05) is 11.6 Å². The van der Waals surface area contributed by atoms with Crippen LogP contribution in [0.25, 0.3) is 0 Å². The molecule has 0 aliphatic heterocycles. The zero-order valence-electron chi connectivity index (χ0n) is 10.1. The van der Waals surface area contributed by atoms with Gasteiger partial charge < -0.3 is 5.32 Å². The van der Waals surface area contributed by atoms with Crippen LogP contribution in [0.4, 0.5) is 14.5 Å². The second kappa shape index (κ2) is 5.84. The van der Waals surface area contributed by atoms with Crippen LogP contribution in [-0.4, -0.2) is 12.2 Å². The van der Waals surface area contributed by atoms with E-state index in [1.165, 1.54) is 11.8 Å². The molecule has 2 nitrogen and oxygen atoms in total. The third-order valence-electron chi connectivity index (χ3n) is 2.48. The number of hydrogen-bond acceptors (Lipinski definition) is 2. The predicted octanol–water partition coefficient (Wildman–Crippen LogP) is 3.94. The van der Waals surface area contributed by atoms with E-state index in [4.69, 9.17) is 0 Å². The Hall–Kier alpha value is -1.88. The Bertz CT molecular complexity index is 596. The molecule has 0 radical (unpaired) electrons.